The number of fused-ring (bicyclic) bond motifs is 1. The zero-order valence-corrected chi connectivity index (χ0v) is 12.8. The molecule has 1 atom stereocenters. The van der Waals surface area contributed by atoms with Gasteiger partial charge in [0.05, 0.1) is 25.8 Å². The van der Waals surface area contributed by atoms with Gasteiger partial charge in [0.1, 0.15) is 5.75 Å². The standard InChI is InChI=1S/C18H17NO4/c1-22-17(20)11-16-18(21)19(12-13-7-3-2-4-8-13)14-9-5-6-10-15(14)23-16/h2-10,16H,11-12H2,1H3/t16-/m0/s1. The SMILES string of the molecule is COC(=O)C[C@@H]1Oc2ccccc2N(Cc2ccccc2)C1=O. The maximum atomic E-state index is 12.7. The summed E-state index contributed by atoms with van der Waals surface area (Å²) in [5.74, 6) is -0.114. The summed E-state index contributed by atoms with van der Waals surface area (Å²) in [4.78, 5) is 25.9. The molecule has 0 saturated heterocycles. The van der Waals surface area contributed by atoms with Gasteiger partial charge < -0.3 is 14.4 Å². The summed E-state index contributed by atoms with van der Waals surface area (Å²) in [7, 11) is 1.30. The number of methoxy groups -OCH3 is 1. The van der Waals surface area contributed by atoms with Gasteiger partial charge in [-0.3, -0.25) is 9.59 Å². The first-order valence-electron chi connectivity index (χ1n) is 7.37. The van der Waals surface area contributed by atoms with Gasteiger partial charge in [-0.2, -0.15) is 0 Å². The Morgan fingerprint density at radius 3 is 2.57 bits per heavy atom. The third-order valence-electron chi connectivity index (χ3n) is 3.73. The van der Waals surface area contributed by atoms with Gasteiger partial charge in [0.15, 0.2) is 6.10 Å². The molecule has 2 aromatic carbocycles. The van der Waals surface area contributed by atoms with Crippen LogP contribution < -0.4 is 9.64 Å². The van der Waals surface area contributed by atoms with E-state index in [1.165, 1.54) is 7.11 Å². The van der Waals surface area contributed by atoms with Gasteiger partial charge in [-0.1, -0.05) is 42.5 Å². The molecule has 3 rings (SSSR count). The highest BCUT2D eigenvalue weighted by Crippen LogP contribution is 2.35. The Hall–Kier alpha value is -2.82. The molecule has 0 spiro atoms. The van der Waals surface area contributed by atoms with Crippen molar-refractivity contribution in [3.05, 3.63) is 60.2 Å². The predicted molar refractivity (Wildman–Crippen MR) is 85.1 cm³/mol. The Labute approximate surface area is 134 Å². The molecule has 0 aliphatic carbocycles. The van der Waals surface area contributed by atoms with Crippen LogP contribution in [0.5, 0.6) is 5.75 Å². The van der Waals surface area contributed by atoms with E-state index in [1.54, 1.807) is 11.0 Å². The van der Waals surface area contributed by atoms with Crippen LogP contribution in [0.25, 0.3) is 0 Å². The lowest BCUT2D eigenvalue weighted by Crippen LogP contribution is -2.46. The van der Waals surface area contributed by atoms with Crippen LogP contribution in [0.1, 0.15) is 12.0 Å². The van der Waals surface area contributed by atoms with Crippen molar-refractivity contribution in [1.29, 1.82) is 0 Å². The van der Waals surface area contributed by atoms with Crippen molar-refractivity contribution in [2.24, 2.45) is 0 Å². The fraction of sp³-hybridized carbons (Fsp3) is 0.222. The van der Waals surface area contributed by atoms with Gasteiger partial charge in [-0.15, -0.1) is 0 Å². The summed E-state index contributed by atoms with van der Waals surface area (Å²) < 4.78 is 10.3. The minimum atomic E-state index is -0.860. The average molecular weight is 311 g/mol. The molecule has 0 saturated carbocycles. The number of amides is 1. The predicted octanol–water partition coefficient (Wildman–Crippen LogP) is 2.54. The van der Waals surface area contributed by atoms with E-state index in [9.17, 15) is 9.59 Å². The number of esters is 1. The molecule has 23 heavy (non-hydrogen) atoms. The van der Waals surface area contributed by atoms with E-state index in [2.05, 4.69) is 4.74 Å². The van der Waals surface area contributed by atoms with Gasteiger partial charge in [-0.25, -0.2) is 0 Å². The second kappa shape index (κ2) is 6.52. The lowest BCUT2D eigenvalue weighted by Gasteiger charge is -2.34. The number of nitrogens with zero attached hydrogens (tertiary/aromatic N) is 1. The summed E-state index contributed by atoms with van der Waals surface area (Å²) in [6.07, 6.45) is -0.962. The summed E-state index contributed by atoms with van der Waals surface area (Å²) in [5.41, 5.74) is 1.72. The first-order chi connectivity index (χ1) is 11.2. The monoisotopic (exact) mass is 311 g/mol. The summed E-state index contributed by atoms with van der Waals surface area (Å²) in [5, 5.41) is 0. The first kappa shape index (κ1) is 15.1. The Balaban J connectivity index is 1.91. The molecule has 2 aromatic rings. The highest BCUT2D eigenvalue weighted by Gasteiger charge is 2.35. The molecular formula is C18H17NO4. The molecule has 0 bridgehead atoms. The normalized spacial score (nSPS) is 16.5. The molecule has 0 unspecified atom stereocenters. The van der Waals surface area contributed by atoms with E-state index < -0.39 is 12.1 Å². The van der Waals surface area contributed by atoms with Gasteiger partial charge in [-0.05, 0) is 17.7 Å². The number of hydrogen-bond donors (Lipinski definition) is 0. The van der Waals surface area contributed by atoms with Gasteiger partial charge in [0.2, 0.25) is 0 Å². The Bertz CT molecular complexity index is 714. The quantitative estimate of drug-likeness (QED) is 0.814. The third-order valence-corrected chi connectivity index (χ3v) is 3.73. The van der Waals surface area contributed by atoms with Crippen molar-refractivity contribution in [3.8, 4) is 5.75 Å². The average Bonchev–Trinajstić information content (AvgIpc) is 2.59. The van der Waals surface area contributed by atoms with E-state index in [-0.39, 0.29) is 12.3 Å². The molecule has 118 valence electrons. The van der Waals surface area contributed by atoms with Gasteiger partial charge in [0.25, 0.3) is 5.91 Å². The number of carbonyl (C=O) groups is 2. The van der Waals surface area contributed by atoms with Crippen LogP contribution in [-0.2, 0) is 20.9 Å². The van der Waals surface area contributed by atoms with Crippen molar-refractivity contribution >= 4 is 17.6 Å². The minimum absolute atomic E-state index is 0.102. The molecular weight excluding hydrogens is 294 g/mol. The van der Waals surface area contributed by atoms with E-state index in [0.29, 0.717) is 18.0 Å². The number of ether oxygens (including phenoxy) is 2. The van der Waals surface area contributed by atoms with Crippen molar-refractivity contribution in [2.75, 3.05) is 12.0 Å². The van der Waals surface area contributed by atoms with Crippen LogP contribution in [0.2, 0.25) is 0 Å². The van der Waals surface area contributed by atoms with Crippen molar-refractivity contribution < 1.29 is 19.1 Å². The number of carbonyl (C=O) groups excluding carboxylic acids is 2. The second-order valence-electron chi connectivity index (χ2n) is 5.26. The number of anilines is 1. The zero-order valence-electron chi connectivity index (χ0n) is 12.8. The van der Waals surface area contributed by atoms with E-state index in [1.807, 2.05) is 48.5 Å². The molecule has 5 heteroatoms. The molecule has 0 N–H and O–H groups in total. The largest absolute Gasteiger partial charge is 0.478 e. The highest BCUT2D eigenvalue weighted by molar-refractivity contribution is 6.01. The molecule has 0 aromatic heterocycles. The second-order valence-corrected chi connectivity index (χ2v) is 5.26. The highest BCUT2D eigenvalue weighted by atomic mass is 16.5. The summed E-state index contributed by atoms with van der Waals surface area (Å²) >= 11 is 0. The molecule has 5 nitrogen and oxygen atoms in total. The number of para-hydroxylation sites is 2. The number of hydrogen-bond acceptors (Lipinski definition) is 4. The summed E-state index contributed by atoms with van der Waals surface area (Å²) in [6.45, 7) is 0.428. The Kier molecular flexibility index (Phi) is 4.28. The van der Waals surface area contributed by atoms with E-state index in [4.69, 9.17) is 4.74 Å². The summed E-state index contributed by atoms with van der Waals surface area (Å²) in [6, 6.07) is 17.0. The van der Waals surface area contributed by atoms with Crippen LogP contribution in [0.3, 0.4) is 0 Å². The van der Waals surface area contributed by atoms with Crippen molar-refractivity contribution in [3.63, 3.8) is 0 Å². The molecule has 1 heterocycles. The van der Waals surface area contributed by atoms with Gasteiger partial charge in [0, 0.05) is 0 Å². The maximum Gasteiger partial charge on any atom is 0.309 e. The fourth-order valence-electron chi connectivity index (χ4n) is 2.57. The number of rotatable bonds is 4. The Morgan fingerprint density at radius 2 is 1.83 bits per heavy atom. The van der Waals surface area contributed by atoms with Crippen LogP contribution in [-0.4, -0.2) is 25.1 Å². The van der Waals surface area contributed by atoms with Crippen LogP contribution in [0.4, 0.5) is 5.69 Å². The van der Waals surface area contributed by atoms with Crippen molar-refractivity contribution in [1.82, 2.24) is 0 Å². The van der Waals surface area contributed by atoms with Crippen molar-refractivity contribution in [2.45, 2.75) is 19.1 Å². The van der Waals surface area contributed by atoms with Gasteiger partial charge >= 0.3 is 5.97 Å². The maximum absolute atomic E-state index is 12.7. The molecule has 1 aliphatic rings. The Morgan fingerprint density at radius 1 is 1.13 bits per heavy atom. The third kappa shape index (κ3) is 3.18. The van der Waals surface area contributed by atoms with E-state index in [0.717, 1.165) is 5.56 Å². The number of benzene rings is 2. The minimum Gasteiger partial charge on any atom is -0.478 e. The molecule has 1 amide bonds. The molecule has 0 fully saturated rings. The first-order valence-corrected chi connectivity index (χ1v) is 7.37. The lowest BCUT2D eigenvalue weighted by atomic mass is 10.1. The zero-order chi connectivity index (χ0) is 16.2. The van der Waals surface area contributed by atoms with Crippen LogP contribution in [0.15, 0.2) is 54.6 Å². The molecule has 1 aliphatic heterocycles. The van der Waals surface area contributed by atoms with Crippen LogP contribution >= 0.6 is 0 Å². The molecule has 0 radical (unpaired) electrons. The topological polar surface area (TPSA) is 55.8 Å². The van der Waals surface area contributed by atoms with E-state index >= 15 is 0 Å². The lowest BCUT2D eigenvalue weighted by molar-refractivity contribution is -0.145. The van der Waals surface area contributed by atoms with Crippen LogP contribution in [0, 0.1) is 0 Å². The fourth-order valence-corrected chi connectivity index (χ4v) is 2.57. The smallest absolute Gasteiger partial charge is 0.309 e.